The molecule has 3 amide bonds. The summed E-state index contributed by atoms with van der Waals surface area (Å²) in [5.41, 5.74) is 3.94. The normalized spacial score (nSPS) is 14.4. The molecular weight excluding hydrogens is 503 g/mol. The Morgan fingerprint density at radius 1 is 1.08 bits per heavy atom. The van der Waals surface area contributed by atoms with Gasteiger partial charge in [0.25, 0.3) is 17.1 Å². The highest BCUT2D eigenvalue weighted by Crippen LogP contribution is 2.34. The van der Waals surface area contributed by atoms with Crippen LogP contribution in [0.2, 0.25) is 5.02 Å². The molecule has 0 bridgehead atoms. The molecule has 184 valence electrons. The van der Waals surface area contributed by atoms with E-state index in [4.69, 9.17) is 16.3 Å². The Morgan fingerprint density at radius 3 is 2.56 bits per heavy atom. The number of aryl methyl sites for hydroxylation is 2. The summed E-state index contributed by atoms with van der Waals surface area (Å²) in [6.07, 6.45) is 1.57. The summed E-state index contributed by atoms with van der Waals surface area (Å²) < 4.78 is 18.7. The average molecular weight is 525 g/mol. The van der Waals surface area contributed by atoms with E-state index in [-0.39, 0.29) is 34.8 Å². The van der Waals surface area contributed by atoms with Gasteiger partial charge in [0.1, 0.15) is 11.6 Å². The molecule has 0 saturated carbocycles. The van der Waals surface area contributed by atoms with E-state index >= 15 is 0 Å². The first-order valence-corrected chi connectivity index (χ1v) is 12.2. The van der Waals surface area contributed by atoms with Crippen LogP contribution < -0.4 is 10.1 Å². The predicted octanol–water partition coefficient (Wildman–Crippen LogP) is 6.35. The molecule has 0 radical (unpaired) electrons. The Hall–Kier alpha value is -3.62. The first-order chi connectivity index (χ1) is 17.2. The minimum absolute atomic E-state index is 0.0555. The summed E-state index contributed by atoms with van der Waals surface area (Å²) in [6.45, 7) is 3.68. The van der Waals surface area contributed by atoms with Crippen molar-refractivity contribution in [1.29, 1.82) is 0 Å². The second kappa shape index (κ2) is 11.0. The molecule has 1 fully saturated rings. The number of rotatable bonds is 7. The minimum atomic E-state index is -0.436. The lowest BCUT2D eigenvalue weighted by atomic mass is 10.1. The molecule has 4 rings (SSSR count). The number of carbonyl (C=O) groups excluding carboxylic acids is 3. The molecule has 1 heterocycles. The monoisotopic (exact) mass is 524 g/mol. The lowest BCUT2D eigenvalue weighted by Gasteiger charge is -2.12. The van der Waals surface area contributed by atoms with Gasteiger partial charge in [0.05, 0.1) is 16.5 Å². The number of benzene rings is 3. The van der Waals surface area contributed by atoms with Gasteiger partial charge in [-0.15, -0.1) is 0 Å². The molecule has 0 aliphatic carbocycles. The van der Waals surface area contributed by atoms with E-state index in [0.717, 1.165) is 33.5 Å². The van der Waals surface area contributed by atoms with Gasteiger partial charge in [-0.1, -0.05) is 41.9 Å². The number of thioether (sulfide) groups is 1. The smallest absolute Gasteiger partial charge is 0.293 e. The van der Waals surface area contributed by atoms with Gasteiger partial charge in [0.15, 0.2) is 6.61 Å². The summed E-state index contributed by atoms with van der Waals surface area (Å²) in [7, 11) is 0. The fourth-order valence-corrected chi connectivity index (χ4v) is 4.57. The topological polar surface area (TPSA) is 75.7 Å². The van der Waals surface area contributed by atoms with Crippen LogP contribution in [0.3, 0.4) is 0 Å². The SMILES string of the molecule is Cc1ccc(C)c(NC(=O)COc2ccc(/C=C3\SC(=O)N(Cc4ccc(F)cc4)C3=O)cc2Cl)c1. The van der Waals surface area contributed by atoms with E-state index in [9.17, 15) is 18.8 Å². The molecule has 1 saturated heterocycles. The first kappa shape index (κ1) is 25.5. The van der Waals surface area contributed by atoms with Gasteiger partial charge in [-0.05, 0) is 84.3 Å². The van der Waals surface area contributed by atoms with Gasteiger partial charge in [0, 0.05) is 5.69 Å². The third-order valence-corrected chi connectivity index (χ3v) is 6.61. The lowest BCUT2D eigenvalue weighted by molar-refractivity contribution is -0.123. The van der Waals surface area contributed by atoms with Crippen LogP contribution in [0.5, 0.6) is 5.75 Å². The molecule has 0 aromatic heterocycles. The van der Waals surface area contributed by atoms with Gasteiger partial charge < -0.3 is 10.1 Å². The summed E-state index contributed by atoms with van der Waals surface area (Å²) in [5, 5.41) is 2.67. The number of amides is 3. The average Bonchev–Trinajstić information content (AvgIpc) is 3.09. The van der Waals surface area contributed by atoms with Crippen molar-refractivity contribution in [3.8, 4) is 5.75 Å². The number of hydrogen-bond donors (Lipinski definition) is 1. The number of anilines is 1. The Labute approximate surface area is 217 Å². The summed E-state index contributed by atoms with van der Waals surface area (Å²) in [4.78, 5) is 38.8. The van der Waals surface area contributed by atoms with Crippen LogP contribution in [0.25, 0.3) is 6.08 Å². The second-order valence-electron chi connectivity index (χ2n) is 8.24. The molecule has 1 aliphatic rings. The Bertz CT molecular complexity index is 1370. The highest BCUT2D eigenvalue weighted by atomic mass is 35.5. The van der Waals surface area contributed by atoms with Crippen LogP contribution in [-0.2, 0) is 16.1 Å². The molecule has 9 heteroatoms. The standard InChI is InChI=1S/C27H22ClFN2O4S/c1-16-3-4-17(2)22(11-16)30-25(32)15-35-23-10-7-19(12-21(23)28)13-24-26(33)31(27(34)36-24)14-18-5-8-20(29)9-6-18/h3-13H,14-15H2,1-2H3,(H,30,32)/b24-13-. The van der Waals surface area contributed by atoms with Crippen molar-refractivity contribution in [2.75, 3.05) is 11.9 Å². The predicted molar refractivity (Wildman–Crippen MR) is 139 cm³/mol. The van der Waals surface area contributed by atoms with Crippen molar-refractivity contribution in [3.63, 3.8) is 0 Å². The van der Waals surface area contributed by atoms with Gasteiger partial charge in [-0.25, -0.2) is 4.39 Å². The Balaban J connectivity index is 1.38. The molecule has 6 nitrogen and oxygen atoms in total. The van der Waals surface area contributed by atoms with E-state index in [1.165, 1.54) is 24.3 Å². The van der Waals surface area contributed by atoms with Gasteiger partial charge >= 0.3 is 0 Å². The number of nitrogens with one attached hydrogen (secondary N) is 1. The van der Waals surface area contributed by atoms with Gasteiger partial charge in [-0.2, -0.15) is 0 Å². The van der Waals surface area contributed by atoms with Crippen molar-refractivity contribution in [2.24, 2.45) is 0 Å². The van der Waals surface area contributed by atoms with E-state index in [1.54, 1.807) is 24.3 Å². The van der Waals surface area contributed by atoms with E-state index in [2.05, 4.69) is 5.32 Å². The van der Waals surface area contributed by atoms with Crippen molar-refractivity contribution in [1.82, 2.24) is 4.90 Å². The molecule has 36 heavy (non-hydrogen) atoms. The molecule has 1 N–H and O–H groups in total. The van der Waals surface area contributed by atoms with Crippen LogP contribution in [-0.4, -0.2) is 28.6 Å². The minimum Gasteiger partial charge on any atom is -0.482 e. The van der Waals surface area contributed by atoms with Crippen LogP contribution in [0, 0.1) is 19.7 Å². The zero-order valence-electron chi connectivity index (χ0n) is 19.5. The third-order valence-electron chi connectivity index (χ3n) is 5.41. The fourth-order valence-electron chi connectivity index (χ4n) is 3.48. The van der Waals surface area contributed by atoms with Crippen LogP contribution >= 0.6 is 23.4 Å². The zero-order chi connectivity index (χ0) is 25.8. The van der Waals surface area contributed by atoms with Crippen molar-refractivity contribution >= 4 is 52.2 Å². The maximum absolute atomic E-state index is 13.1. The van der Waals surface area contributed by atoms with E-state index in [0.29, 0.717) is 16.9 Å². The quantitative estimate of drug-likeness (QED) is 0.364. The summed E-state index contributed by atoms with van der Waals surface area (Å²) >= 11 is 7.16. The third kappa shape index (κ3) is 6.13. The lowest BCUT2D eigenvalue weighted by Crippen LogP contribution is -2.27. The van der Waals surface area contributed by atoms with Crippen LogP contribution in [0.15, 0.2) is 65.6 Å². The number of hydrogen-bond acceptors (Lipinski definition) is 5. The molecule has 0 atom stereocenters. The van der Waals surface area contributed by atoms with Crippen molar-refractivity contribution in [2.45, 2.75) is 20.4 Å². The number of ether oxygens (including phenoxy) is 1. The highest BCUT2D eigenvalue weighted by Gasteiger charge is 2.35. The number of nitrogens with zero attached hydrogens (tertiary/aromatic N) is 1. The highest BCUT2D eigenvalue weighted by molar-refractivity contribution is 8.18. The molecule has 0 unspecified atom stereocenters. The van der Waals surface area contributed by atoms with Gasteiger partial charge in [-0.3, -0.25) is 19.3 Å². The Kier molecular flexibility index (Phi) is 7.76. The molecule has 0 spiro atoms. The second-order valence-corrected chi connectivity index (χ2v) is 9.64. The molecule has 3 aromatic rings. The van der Waals surface area contributed by atoms with Gasteiger partial charge in [0.2, 0.25) is 0 Å². The fraction of sp³-hybridized carbons (Fsp3) is 0.148. The van der Waals surface area contributed by atoms with Crippen LogP contribution in [0.4, 0.5) is 14.9 Å². The number of carbonyl (C=O) groups is 3. The number of halogens is 2. The molecular formula is C27H22ClFN2O4S. The molecule has 1 aliphatic heterocycles. The maximum Gasteiger partial charge on any atom is 0.293 e. The molecule has 3 aromatic carbocycles. The first-order valence-electron chi connectivity index (χ1n) is 11.0. The zero-order valence-corrected chi connectivity index (χ0v) is 21.1. The Morgan fingerprint density at radius 2 is 1.83 bits per heavy atom. The number of imide groups is 1. The van der Waals surface area contributed by atoms with Crippen molar-refractivity contribution in [3.05, 3.63) is 98.7 Å². The van der Waals surface area contributed by atoms with Crippen molar-refractivity contribution < 1.29 is 23.5 Å². The summed E-state index contributed by atoms with van der Waals surface area (Å²) in [5.74, 6) is -0.832. The maximum atomic E-state index is 13.1. The summed E-state index contributed by atoms with van der Waals surface area (Å²) in [6, 6.07) is 16.3. The van der Waals surface area contributed by atoms with E-state index < -0.39 is 11.1 Å². The largest absolute Gasteiger partial charge is 0.482 e. The van der Waals surface area contributed by atoms with E-state index in [1.807, 2.05) is 32.0 Å². The van der Waals surface area contributed by atoms with Crippen LogP contribution in [0.1, 0.15) is 22.3 Å².